The maximum Gasteiger partial charge on any atom is 0.471 e. The number of nitrogens with two attached hydrogens (primary N) is 2. The molecule has 0 atom stereocenters. The number of rotatable bonds is 27. The predicted molar refractivity (Wildman–Crippen MR) is 410 cm³/mol. The van der Waals surface area contributed by atoms with Gasteiger partial charge < -0.3 is 62.9 Å². The molecule has 11 N–H and O–H groups in total. The molecule has 2 amide bonds. The van der Waals surface area contributed by atoms with Crippen LogP contribution in [0.3, 0.4) is 0 Å². The van der Waals surface area contributed by atoms with Gasteiger partial charge in [-0.3, -0.25) is 9.59 Å². The number of methoxy groups -OCH3 is 3. The lowest BCUT2D eigenvalue weighted by Gasteiger charge is -2.16. The van der Waals surface area contributed by atoms with E-state index in [2.05, 4.69) is 56.5 Å². The van der Waals surface area contributed by atoms with Gasteiger partial charge in [-0.1, -0.05) is 71.2 Å². The number of hydrogen-bond acceptors (Lipinski definition) is 24. The van der Waals surface area contributed by atoms with Crippen molar-refractivity contribution >= 4 is 151 Å². The Morgan fingerprint density at radius 3 is 1.10 bits per heavy atom. The van der Waals surface area contributed by atoms with Crippen molar-refractivity contribution < 1.29 is 88.6 Å². The van der Waals surface area contributed by atoms with Crippen molar-refractivity contribution in [1.29, 1.82) is 0 Å². The van der Waals surface area contributed by atoms with Gasteiger partial charge in [0.05, 0.1) is 104 Å². The van der Waals surface area contributed by atoms with E-state index in [9.17, 15) is 74.4 Å². The standard InChI is InChI=1S/C24H24ClF4N5O4S.C22H25ClFN5O3S.C13H12Cl2FN3O2S.C11H13F3N2O2/c1-13(2)39(36,37)19-6-4-5-16(26)20(19)33-21-15(25)12-31-23(34-21)32-17-11-14(7-8-18(17)38-3)9-10-30-22(35)24(27,28)29;1-13(2)33(30,31)19-6-4-5-16(24)20(19)28-21-15(23)12-26-22(29-21)27-17-11-14(9-10-25)7-8-18(17)32-3;1-7(2)22(20,21)10-5-3-4-9(16)11(10)18-12-8(14)6-17-13(15)19-12;1-18-9-3-2-7(6-8(9)15)4-5-16-10(17)11(12,13)14/h4-8,11-13H,9-10H2,1-3H3,(H,30,35)(H2,31,32,33,34);4-8,11-13H,9-10,25H2,1-3H3,(H2,26,27,28,29);3-7H,1-2H3,(H,17,18,19);2-3,6H,4-5,15H2,1H3,(H,16,17). The van der Waals surface area contributed by atoms with Gasteiger partial charge in [-0.05, 0) is 168 Å². The first-order valence-corrected chi connectivity index (χ1v) is 39.0. The largest absolute Gasteiger partial charge is 0.495 e. The van der Waals surface area contributed by atoms with E-state index in [0.29, 0.717) is 52.8 Å². The van der Waals surface area contributed by atoms with Gasteiger partial charge in [0, 0.05) is 13.1 Å². The first-order chi connectivity index (χ1) is 52.5. The lowest BCUT2D eigenvalue weighted by atomic mass is 10.1. The van der Waals surface area contributed by atoms with E-state index in [0.717, 1.165) is 29.3 Å². The fraction of sp³-hybridized carbons (Fsp3) is 0.286. The van der Waals surface area contributed by atoms with Crippen molar-refractivity contribution in [2.45, 2.75) is 104 Å². The van der Waals surface area contributed by atoms with E-state index in [1.165, 1.54) is 118 Å². The van der Waals surface area contributed by atoms with Crippen LogP contribution in [0.15, 0.2) is 142 Å². The van der Waals surface area contributed by atoms with Crippen LogP contribution >= 0.6 is 46.4 Å². The molecule has 6 aromatic carbocycles. The van der Waals surface area contributed by atoms with Crippen LogP contribution in [0.5, 0.6) is 17.2 Å². The number of nitrogens with zero attached hydrogens (tertiary/aromatic N) is 6. The van der Waals surface area contributed by atoms with E-state index in [1.807, 2.05) is 12.1 Å². The van der Waals surface area contributed by atoms with Gasteiger partial charge in [-0.15, -0.1) is 0 Å². The number of para-hydroxylation sites is 3. The molecule has 0 bridgehead atoms. The summed E-state index contributed by atoms with van der Waals surface area (Å²) in [5, 5.41) is 15.3. The molecule has 0 fully saturated rings. The Labute approximate surface area is 658 Å². The molecule has 0 spiro atoms. The molecule has 112 heavy (non-hydrogen) atoms. The number of hydrogen-bond donors (Lipinski definition) is 9. The second-order valence-corrected chi connectivity index (χ2v) is 33.0. The van der Waals surface area contributed by atoms with Crippen molar-refractivity contribution in [3.63, 3.8) is 0 Å². The number of amides is 2. The lowest BCUT2D eigenvalue weighted by Crippen LogP contribution is -2.37. The normalized spacial score (nSPS) is 11.6. The van der Waals surface area contributed by atoms with Crippen LogP contribution in [-0.4, -0.2) is 136 Å². The Bertz CT molecular complexity index is 5190. The summed E-state index contributed by atoms with van der Waals surface area (Å²) in [5.74, 6) is -4.84. The molecular formula is C70H74Cl4F9N15O11S3. The number of anilines is 11. The maximum absolute atomic E-state index is 14.7. The third kappa shape index (κ3) is 24.8. The Hall–Kier alpha value is -9.96. The fourth-order valence-corrected chi connectivity index (χ4v) is 13.5. The van der Waals surface area contributed by atoms with Gasteiger partial charge >= 0.3 is 24.2 Å². The minimum Gasteiger partial charge on any atom is -0.495 e. The Balaban J connectivity index is 0.000000243. The summed E-state index contributed by atoms with van der Waals surface area (Å²) in [6.45, 7) is 9.12. The van der Waals surface area contributed by atoms with E-state index in [-0.39, 0.29) is 107 Å². The molecular weight excluding hydrogens is 1640 g/mol. The quantitative estimate of drug-likeness (QED) is 0.0131. The topological polar surface area (TPSA) is 378 Å². The maximum atomic E-state index is 14.7. The zero-order valence-corrected chi connectivity index (χ0v) is 66.0. The predicted octanol–water partition coefficient (Wildman–Crippen LogP) is 15.0. The first kappa shape index (κ1) is 90.9. The highest BCUT2D eigenvalue weighted by Crippen LogP contribution is 2.38. The fourth-order valence-electron chi connectivity index (χ4n) is 9.37. The van der Waals surface area contributed by atoms with Gasteiger partial charge in [0.25, 0.3) is 0 Å². The van der Waals surface area contributed by atoms with Crippen LogP contribution in [0.1, 0.15) is 58.2 Å². The van der Waals surface area contributed by atoms with E-state index < -0.39 is 86.9 Å². The minimum absolute atomic E-state index is 0.0203. The molecule has 26 nitrogen and oxygen atoms in total. The Kier molecular flexibility index (Phi) is 32.5. The summed E-state index contributed by atoms with van der Waals surface area (Å²) in [6, 6.07) is 26.4. The molecule has 604 valence electrons. The highest BCUT2D eigenvalue weighted by molar-refractivity contribution is 7.92. The average Bonchev–Trinajstić information content (AvgIpc) is 0.794. The summed E-state index contributed by atoms with van der Waals surface area (Å²) in [4.78, 5) is 45.2. The molecule has 9 aromatic rings. The zero-order chi connectivity index (χ0) is 83.4. The van der Waals surface area contributed by atoms with Crippen molar-refractivity contribution in [2.75, 3.05) is 73.3 Å². The first-order valence-electron chi connectivity index (χ1n) is 32.8. The minimum atomic E-state index is -4.98. The van der Waals surface area contributed by atoms with Crippen LogP contribution in [-0.2, 0) is 58.4 Å². The molecule has 0 saturated carbocycles. The average molecular weight is 1710 g/mol. The molecule has 42 heteroatoms. The van der Waals surface area contributed by atoms with E-state index >= 15 is 0 Å². The molecule has 3 aromatic heterocycles. The van der Waals surface area contributed by atoms with Gasteiger partial charge in [-0.25, -0.2) is 53.4 Å². The van der Waals surface area contributed by atoms with Gasteiger partial charge in [-0.2, -0.15) is 41.3 Å². The summed E-state index contributed by atoms with van der Waals surface area (Å²) in [7, 11) is -6.93. The van der Waals surface area contributed by atoms with Gasteiger partial charge in [0.2, 0.25) is 17.2 Å². The second kappa shape index (κ2) is 40.0. The SMILES string of the molecule is CC(C)S(=O)(=O)c1cccc(F)c1Nc1nc(Cl)ncc1Cl.COc1ccc(CCN)cc1Nc1ncc(Cl)c(Nc2c(F)cccc2S(=O)(=O)C(C)C)n1.COc1ccc(CCNC(=O)C(F)(F)F)cc1N.COc1ccc(CCNC(=O)C(F)(F)F)cc1Nc1ncc(Cl)c(Nc2c(F)cccc2S(=O)(=O)C(C)C)n1. The Morgan fingerprint density at radius 2 is 0.777 bits per heavy atom. The highest BCUT2D eigenvalue weighted by Gasteiger charge is 2.39. The summed E-state index contributed by atoms with van der Waals surface area (Å²) >= 11 is 24.0. The van der Waals surface area contributed by atoms with Crippen LogP contribution in [0, 0.1) is 17.5 Å². The van der Waals surface area contributed by atoms with Crippen molar-refractivity contribution in [1.82, 2.24) is 40.5 Å². The second-order valence-electron chi connectivity index (χ2n) is 24.1. The van der Waals surface area contributed by atoms with E-state index in [4.69, 9.17) is 72.1 Å². The molecule has 0 radical (unpaired) electrons. The monoisotopic (exact) mass is 1710 g/mol. The number of sulfone groups is 3. The Morgan fingerprint density at radius 1 is 0.455 bits per heavy atom. The molecule has 0 saturated heterocycles. The zero-order valence-electron chi connectivity index (χ0n) is 60.6. The van der Waals surface area contributed by atoms with E-state index in [1.54, 1.807) is 53.1 Å². The van der Waals surface area contributed by atoms with Crippen LogP contribution in [0.25, 0.3) is 0 Å². The summed E-state index contributed by atoms with van der Waals surface area (Å²) in [5.41, 5.74) is 14.1. The molecule has 0 aliphatic rings. The van der Waals surface area contributed by atoms with Gasteiger partial charge in [0.1, 0.15) is 49.8 Å². The van der Waals surface area contributed by atoms with Gasteiger partial charge in [0.15, 0.2) is 47.0 Å². The number of aromatic nitrogens is 6. The van der Waals surface area contributed by atoms with Crippen molar-refractivity contribution in [3.05, 3.63) is 182 Å². The number of nitrogens with one attached hydrogen (secondary N) is 7. The number of benzene rings is 6. The number of nitrogen functional groups attached to an aromatic ring is 1. The summed E-state index contributed by atoms with van der Waals surface area (Å²) < 4.78 is 208. The third-order valence-electron chi connectivity index (χ3n) is 15.3. The molecule has 0 aliphatic heterocycles. The number of halogens is 13. The van der Waals surface area contributed by atoms with Crippen LogP contribution in [0.4, 0.5) is 103 Å². The van der Waals surface area contributed by atoms with Crippen molar-refractivity contribution in [3.8, 4) is 17.2 Å². The molecule has 0 unspecified atom stereocenters. The smallest absolute Gasteiger partial charge is 0.471 e. The number of carbonyl (C=O) groups is 2. The third-order valence-corrected chi connectivity index (χ3v) is 22.9. The van der Waals surface area contributed by atoms with Crippen LogP contribution in [0.2, 0.25) is 20.4 Å². The van der Waals surface area contributed by atoms with Crippen molar-refractivity contribution in [2.24, 2.45) is 5.73 Å². The summed E-state index contributed by atoms with van der Waals surface area (Å²) in [6.07, 6.45) is -5.05. The number of carbonyl (C=O) groups excluding carboxylic acids is 2. The molecule has 0 aliphatic carbocycles. The molecule has 9 rings (SSSR count). The highest BCUT2D eigenvalue weighted by atomic mass is 35.5. The number of ether oxygens (including phenoxy) is 3. The number of alkyl halides is 6. The molecule has 3 heterocycles. The lowest BCUT2D eigenvalue weighted by molar-refractivity contribution is -0.173. The van der Waals surface area contributed by atoms with Crippen LogP contribution < -0.4 is 62.9 Å².